The Bertz CT molecular complexity index is 479. The molecule has 142 valence electrons. The second kappa shape index (κ2) is 6.84. The van der Waals surface area contributed by atoms with Crippen LogP contribution >= 0.6 is 15.9 Å². The van der Waals surface area contributed by atoms with E-state index in [2.05, 4.69) is 36.7 Å². The van der Waals surface area contributed by atoms with Gasteiger partial charge in [0.1, 0.15) is 10.9 Å². The summed E-state index contributed by atoms with van der Waals surface area (Å²) in [6, 6.07) is 0. The molecule has 0 aromatic rings. The second-order valence-electron chi connectivity index (χ2n) is 10.4. The number of carbonyl (C=O) groups is 1. The molecule has 0 aromatic heterocycles. The van der Waals surface area contributed by atoms with Gasteiger partial charge in [0.25, 0.3) is 0 Å². The van der Waals surface area contributed by atoms with Gasteiger partial charge in [-0.15, -0.1) is 0 Å². The topological polar surface area (TPSA) is 26.3 Å². The van der Waals surface area contributed by atoms with Crippen molar-refractivity contribution in [2.24, 2.45) is 40.9 Å². The summed E-state index contributed by atoms with van der Waals surface area (Å²) in [6.45, 7) is 6.92. The molecule has 0 heterocycles. The number of alkyl halides is 1. The van der Waals surface area contributed by atoms with E-state index in [4.69, 9.17) is 4.74 Å². The van der Waals surface area contributed by atoms with Gasteiger partial charge in [0.15, 0.2) is 0 Å². The third-order valence-corrected chi connectivity index (χ3v) is 9.40. The second-order valence-corrected chi connectivity index (χ2v) is 11.4. The van der Waals surface area contributed by atoms with E-state index in [1.807, 2.05) is 0 Å². The Morgan fingerprint density at radius 2 is 1.56 bits per heavy atom. The quantitative estimate of drug-likeness (QED) is 0.421. The first-order chi connectivity index (χ1) is 11.9. The molecule has 4 bridgehead atoms. The Kier molecular flexibility index (Phi) is 5.01. The molecule has 3 heteroatoms. The summed E-state index contributed by atoms with van der Waals surface area (Å²) < 4.78 is 6.18. The van der Waals surface area contributed by atoms with Crippen LogP contribution in [0.15, 0.2) is 0 Å². The van der Waals surface area contributed by atoms with Crippen LogP contribution in [-0.4, -0.2) is 16.9 Å². The number of hydrogen-bond donors (Lipinski definition) is 0. The average molecular weight is 411 g/mol. The fraction of sp³-hybridized carbons (Fsp3) is 0.955. The maximum absolute atomic E-state index is 13.1. The van der Waals surface area contributed by atoms with Crippen LogP contribution in [0.5, 0.6) is 0 Å². The van der Waals surface area contributed by atoms with Gasteiger partial charge in [-0.25, -0.2) is 0 Å². The summed E-state index contributed by atoms with van der Waals surface area (Å²) >= 11 is 3.85. The number of carbonyl (C=O) groups excluding carboxylic acids is 1. The van der Waals surface area contributed by atoms with Crippen molar-refractivity contribution in [2.75, 3.05) is 0 Å². The molecule has 2 nitrogen and oxygen atoms in total. The first-order valence-corrected chi connectivity index (χ1v) is 11.6. The lowest BCUT2D eigenvalue weighted by Gasteiger charge is -2.58. The Morgan fingerprint density at radius 3 is 2.08 bits per heavy atom. The minimum atomic E-state index is -0.0828. The van der Waals surface area contributed by atoms with Crippen LogP contribution in [0.1, 0.15) is 78.6 Å². The van der Waals surface area contributed by atoms with E-state index < -0.39 is 0 Å². The third-order valence-electron chi connectivity index (χ3n) is 8.05. The van der Waals surface area contributed by atoms with Gasteiger partial charge in [-0.3, -0.25) is 4.79 Å². The number of hydrogen-bond acceptors (Lipinski definition) is 2. The molecule has 0 saturated heterocycles. The van der Waals surface area contributed by atoms with Gasteiger partial charge in [0, 0.05) is 0 Å². The summed E-state index contributed by atoms with van der Waals surface area (Å²) in [6.07, 6.45) is 11.6. The summed E-state index contributed by atoms with van der Waals surface area (Å²) in [7, 11) is 0. The highest BCUT2D eigenvalue weighted by atomic mass is 79.9. The lowest BCUT2D eigenvalue weighted by molar-refractivity contribution is -0.161. The Labute approximate surface area is 162 Å². The van der Waals surface area contributed by atoms with E-state index in [0.29, 0.717) is 11.8 Å². The molecule has 4 atom stereocenters. The zero-order chi connectivity index (χ0) is 17.8. The van der Waals surface area contributed by atoms with Gasteiger partial charge in [-0.2, -0.15) is 0 Å². The van der Waals surface area contributed by atoms with Crippen LogP contribution in [-0.2, 0) is 9.53 Å². The molecule has 0 aliphatic heterocycles. The lowest BCUT2D eigenvalue weighted by atomic mass is 9.49. The summed E-state index contributed by atoms with van der Waals surface area (Å²) in [4.78, 5) is 13.0. The van der Waals surface area contributed by atoms with E-state index >= 15 is 0 Å². The molecule has 0 N–H and O–H groups in total. The molecule has 5 rings (SSSR count). The largest absolute Gasteiger partial charge is 0.461 e. The Hall–Kier alpha value is -0.0500. The molecule has 0 spiro atoms. The number of ether oxygens (including phenoxy) is 1. The third kappa shape index (κ3) is 3.44. The highest BCUT2D eigenvalue weighted by Crippen LogP contribution is 2.62. The van der Waals surface area contributed by atoms with Crippen LogP contribution in [0.3, 0.4) is 0 Å². The molecule has 0 unspecified atom stereocenters. The van der Waals surface area contributed by atoms with Crippen molar-refractivity contribution in [3.8, 4) is 0 Å². The predicted octanol–water partition coefficient (Wildman–Crippen LogP) is 5.97. The normalized spacial score (nSPS) is 47.1. The highest BCUT2D eigenvalue weighted by molar-refractivity contribution is 9.10. The first-order valence-electron chi connectivity index (χ1n) is 10.7. The molecule has 0 aromatic carbocycles. The molecule has 0 radical (unpaired) electrons. The van der Waals surface area contributed by atoms with Gasteiger partial charge in [-0.05, 0) is 98.7 Å². The number of rotatable bonds is 4. The monoisotopic (exact) mass is 410 g/mol. The molecular weight excluding hydrogens is 376 g/mol. The van der Waals surface area contributed by atoms with Gasteiger partial charge >= 0.3 is 5.97 Å². The molecule has 5 aliphatic rings. The Morgan fingerprint density at radius 1 is 1.00 bits per heavy atom. The standard InChI is InChI=1S/C22H35BrO2/c1-13(2)18-6-14(3)4-5-19(18)25-21(24)20(23)22-10-15-7-16(11-22)9-17(8-15)12-22/h13-20H,4-12H2,1-3H3/t14-,15?,16?,17?,18+,19+,20-,22?/m1/s1. The van der Waals surface area contributed by atoms with Gasteiger partial charge in [-0.1, -0.05) is 36.7 Å². The van der Waals surface area contributed by atoms with E-state index in [-0.39, 0.29) is 22.3 Å². The zero-order valence-electron chi connectivity index (χ0n) is 16.2. The highest BCUT2D eigenvalue weighted by Gasteiger charge is 2.56. The van der Waals surface area contributed by atoms with E-state index in [1.165, 1.54) is 51.4 Å². The minimum Gasteiger partial charge on any atom is -0.461 e. The molecule has 25 heavy (non-hydrogen) atoms. The van der Waals surface area contributed by atoms with Crippen molar-refractivity contribution in [3.05, 3.63) is 0 Å². The molecule has 0 amide bonds. The molecular formula is C22H35BrO2. The van der Waals surface area contributed by atoms with Crippen molar-refractivity contribution < 1.29 is 9.53 Å². The van der Waals surface area contributed by atoms with E-state index in [9.17, 15) is 4.79 Å². The van der Waals surface area contributed by atoms with Crippen LogP contribution in [0.4, 0.5) is 0 Å². The van der Waals surface area contributed by atoms with Crippen molar-refractivity contribution in [1.29, 1.82) is 0 Å². The van der Waals surface area contributed by atoms with Crippen LogP contribution in [0.25, 0.3) is 0 Å². The van der Waals surface area contributed by atoms with Crippen molar-refractivity contribution in [1.82, 2.24) is 0 Å². The number of halogens is 1. The SMILES string of the molecule is CC(C)[C@@H]1C[C@H](C)CC[C@@H]1OC(=O)[C@@H](Br)C12CC3CC(CC(C3)C1)C2. The summed E-state index contributed by atoms with van der Waals surface area (Å²) in [5, 5.41) is 0. The van der Waals surface area contributed by atoms with Gasteiger partial charge in [0.05, 0.1) is 0 Å². The van der Waals surface area contributed by atoms with Crippen molar-refractivity contribution >= 4 is 21.9 Å². The fourth-order valence-corrected chi connectivity index (χ4v) is 7.86. The van der Waals surface area contributed by atoms with E-state index in [1.54, 1.807) is 0 Å². The predicted molar refractivity (Wildman–Crippen MR) is 105 cm³/mol. The average Bonchev–Trinajstić information content (AvgIpc) is 2.54. The molecule has 5 saturated carbocycles. The zero-order valence-corrected chi connectivity index (χ0v) is 17.8. The van der Waals surface area contributed by atoms with Crippen molar-refractivity contribution in [3.63, 3.8) is 0 Å². The van der Waals surface area contributed by atoms with Gasteiger partial charge in [0.2, 0.25) is 0 Å². The fourth-order valence-electron chi connectivity index (χ4n) is 7.19. The van der Waals surface area contributed by atoms with Gasteiger partial charge < -0.3 is 4.74 Å². The summed E-state index contributed by atoms with van der Waals surface area (Å²) in [5.74, 6) is 4.56. The Balaban J connectivity index is 1.44. The maximum Gasteiger partial charge on any atom is 0.320 e. The van der Waals surface area contributed by atoms with Crippen molar-refractivity contribution in [2.45, 2.75) is 89.5 Å². The van der Waals surface area contributed by atoms with Crippen LogP contribution in [0, 0.1) is 40.9 Å². The van der Waals surface area contributed by atoms with Crippen LogP contribution < -0.4 is 0 Å². The van der Waals surface area contributed by atoms with Crippen LogP contribution in [0.2, 0.25) is 0 Å². The molecule has 5 fully saturated rings. The summed E-state index contributed by atoms with van der Waals surface area (Å²) in [5.41, 5.74) is 0.196. The lowest BCUT2D eigenvalue weighted by Crippen LogP contribution is -2.53. The number of esters is 1. The minimum absolute atomic E-state index is 0.0483. The smallest absolute Gasteiger partial charge is 0.320 e. The first kappa shape index (κ1) is 18.3. The molecule has 5 aliphatic carbocycles. The van der Waals surface area contributed by atoms with E-state index in [0.717, 1.165) is 30.1 Å². The maximum atomic E-state index is 13.1.